The number of aryl methyl sites for hydroxylation is 1. The fourth-order valence-electron chi connectivity index (χ4n) is 2.99. The van der Waals surface area contributed by atoms with Gasteiger partial charge in [0.1, 0.15) is 11.4 Å². The number of rotatable bonds is 4. The minimum Gasteiger partial charge on any atom is -0.495 e. The zero-order valence-corrected chi connectivity index (χ0v) is 14.5. The van der Waals surface area contributed by atoms with Crippen LogP contribution in [0.5, 0.6) is 5.75 Å². The summed E-state index contributed by atoms with van der Waals surface area (Å²) in [7, 11) is 1.66. The predicted molar refractivity (Wildman–Crippen MR) is 95.3 cm³/mol. The molecule has 0 radical (unpaired) electrons. The van der Waals surface area contributed by atoms with Crippen LogP contribution in [-0.2, 0) is 6.54 Å². The summed E-state index contributed by atoms with van der Waals surface area (Å²) in [6.45, 7) is 4.92. The standard InChI is InChI=1S/C18H22N4O3/c1-3-22-17(23)9-8-14(19-22)18(24)21-12-10-20(11-13-21)15-6-4-5-7-16(15)25-2/h4-9H,3,10-13H2,1-2H3. The SMILES string of the molecule is CCn1nc(C(=O)N2CCN(c3ccccc3OC)CC2)ccc1=O. The number of hydrogen-bond donors (Lipinski definition) is 0. The molecular weight excluding hydrogens is 320 g/mol. The molecular formula is C18H22N4O3. The van der Waals surface area contributed by atoms with E-state index in [0.29, 0.717) is 25.3 Å². The number of carbonyl (C=O) groups is 1. The van der Waals surface area contributed by atoms with Crippen molar-refractivity contribution in [1.82, 2.24) is 14.7 Å². The van der Waals surface area contributed by atoms with Crippen molar-refractivity contribution in [3.8, 4) is 5.75 Å². The molecule has 132 valence electrons. The molecule has 7 nitrogen and oxygen atoms in total. The quantitative estimate of drug-likeness (QED) is 0.836. The van der Waals surface area contributed by atoms with Gasteiger partial charge in [0.05, 0.1) is 12.8 Å². The van der Waals surface area contributed by atoms with Gasteiger partial charge in [-0.05, 0) is 25.1 Å². The second kappa shape index (κ2) is 7.38. The predicted octanol–water partition coefficient (Wildman–Crippen LogP) is 1.23. The van der Waals surface area contributed by atoms with Crippen molar-refractivity contribution >= 4 is 11.6 Å². The average Bonchev–Trinajstić information content (AvgIpc) is 2.68. The lowest BCUT2D eigenvalue weighted by Crippen LogP contribution is -2.49. The number of hydrogen-bond acceptors (Lipinski definition) is 5. The highest BCUT2D eigenvalue weighted by atomic mass is 16.5. The first-order valence-corrected chi connectivity index (χ1v) is 8.39. The van der Waals surface area contributed by atoms with E-state index in [9.17, 15) is 9.59 Å². The number of ether oxygens (including phenoxy) is 1. The van der Waals surface area contributed by atoms with Crippen molar-refractivity contribution in [3.63, 3.8) is 0 Å². The van der Waals surface area contributed by atoms with Crippen LogP contribution >= 0.6 is 0 Å². The number of amides is 1. The van der Waals surface area contributed by atoms with E-state index in [-0.39, 0.29) is 11.5 Å². The molecule has 0 N–H and O–H groups in total. The number of carbonyl (C=O) groups excluding carboxylic acids is 1. The summed E-state index contributed by atoms with van der Waals surface area (Å²) in [5, 5.41) is 4.15. The van der Waals surface area contributed by atoms with Gasteiger partial charge in [-0.25, -0.2) is 4.68 Å². The van der Waals surface area contributed by atoms with E-state index in [1.165, 1.54) is 16.8 Å². The number of aromatic nitrogens is 2. The average molecular weight is 342 g/mol. The smallest absolute Gasteiger partial charge is 0.274 e. The van der Waals surface area contributed by atoms with Crippen LogP contribution in [0.25, 0.3) is 0 Å². The Morgan fingerprint density at radius 3 is 2.52 bits per heavy atom. The highest BCUT2D eigenvalue weighted by molar-refractivity contribution is 5.92. The summed E-state index contributed by atoms with van der Waals surface area (Å²) in [5.41, 5.74) is 1.15. The summed E-state index contributed by atoms with van der Waals surface area (Å²) in [4.78, 5) is 28.3. The zero-order chi connectivity index (χ0) is 17.8. The monoisotopic (exact) mass is 342 g/mol. The molecule has 1 aromatic heterocycles. The Balaban J connectivity index is 1.70. The van der Waals surface area contributed by atoms with Crippen molar-refractivity contribution in [2.75, 3.05) is 38.2 Å². The normalized spacial score (nSPS) is 14.5. The first-order valence-electron chi connectivity index (χ1n) is 8.39. The number of methoxy groups -OCH3 is 1. The van der Waals surface area contributed by atoms with E-state index < -0.39 is 0 Å². The maximum absolute atomic E-state index is 12.7. The van der Waals surface area contributed by atoms with Crippen LogP contribution < -0.4 is 15.2 Å². The van der Waals surface area contributed by atoms with Gasteiger partial charge < -0.3 is 14.5 Å². The Bertz CT molecular complexity index is 810. The molecule has 2 heterocycles. The van der Waals surface area contributed by atoms with Gasteiger partial charge in [0.15, 0.2) is 0 Å². The number of piperazine rings is 1. The molecule has 0 aliphatic carbocycles. The molecule has 1 saturated heterocycles. The molecule has 0 atom stereocenters. The van der Waals surface area contributed by atoms with Crippen LogP contribution in [0.2, 0.25) is 0 Å². The zero-order valence-electron chi connectivity index (χ0n) is 14.5. The Labute approximate surface area is 146 Å². The summed E-state index contributed by atoms with van der Waals surface area (Å²) < 4.78 is 6.72. The fraction of sp³-hybridized carbons (Fsp3) is 0.389. The van der Waals surface area contributed by atoms with Gasteiger partial charge in [0, 0.05) is 38.8 Å². The van der Waals surface area contributed by atoms with Crippen molar-refractivity contribution in [2.45, 2.75) is 13.5 Å². The van der Waals surface area contributed by atoms with Gasteiger partial charge in [-0.3, -0.25) is 9.59 Å². The Kier molecular flexibility index (Phi) is 5.02. The molecule has 1 aliphatic rings. The minimum absolute atomic E-state index is 0.137. The summed E-state index contributed by atoms with van der Waals surface area (Å²) >= 11 is 0. The molecule has 2 aromatic rings. The molecule has 1 amide bonds. The third-order valence-electron chi connectivity index (χ3n) is 4.38. The van der Waals surface area contributed by atoms with E-state index >= 15 is 0 Å². The highest BCUT2D eigenvalue weighted by Crippen LogP contribution is 2.28. The molecule has 0 spiro atoms. The third-order valence-corrected chi connectivity index (χ3v) is 4.38. The van der Waals surface area contributed by atoms with Crippen LogP contribution in [0.15, 0.2) is 41.2 Å². The van der Waals surface area contributed by atoms with Crippen molar-refractivity contribution < 1.29 is 9.53 Å². The van der Waals surface area contributed by atoms with Gasteiger partial charge >= 0.3 is 0 Å². The maximum Gasteiger partial charge on any atom is 0.274 e. The van der Waals surface area contributed by atoms with Crippen LogP contribution in [0.1, 0.15) is 17.4 Å². The lowest BCUT2D eigenvalue weighted by atomic mass is 10.2. The first-order chi connectivity index (χ1) is 12.1. The number of anilines is 1. The van der Waals surface area contributed by atoms with Gasteiger partial charge in [0.25, 0.3) is 11.5 Å². The lowest BCUT2D eigenvalue weighted by Gasteiger charge is -2.36. The Morgan fingerprint density at radius 1 is 1.12 bits per heavy atom. The first kappa shape index (κ1) is 17.0. The summed E-state index contributed by atoms with van der Waals surface area (Å²) in [6, 6.07) is 10.8. The number of nitrogens with zero attached hydrogens (tertiary/aromatic N) is 4. The van der Waals surface area contributed by atoms with Crippen molar-refractivity contribution in [3.05, 3.63) is 52.4 Å². The highest BCUT2D eigenvalue weighted by Gasteiger charge is 2.24. The topological polar surface area (TPSA) is 67.7 Å². The van der Waals surface area contributed by atoms with E-state index in [4.69, 9.17) is 4.74 Å². The van der Waals surface area contributed by atoms with Crippen LogP contribution in [0, 0.1) is 0 Å². The van der Waals surface area contributed by atoms with Crippen molar-refractivity contribution in [1.29, 1.82) is 0 Å². The number of benzene rings is 1. The molecule has 0 unspecified atom stereocenters. The van der Waals surface area contributed by atoms with E-state index in [1.807, 2.05) is 31.2 Å². The van der Waals surface area contributed by atoms with E-state index in [0.717, 1.165) is 24.5 Å². The van der Waals surface area contributed by atoms with Crippen LogP contribution in [0.4, 0.5) is 5.69 Å². The largest absolute Gasteiger partial charge is 0.495 e. The fourth-order valence-corrected chi connectivity index (χ4v) is 2.99. The van der Waals surface area contributed by atoms with Crippen molar-refractivity contribution in [2.24, 2.45) is 0 Å². The second-order valence-electron chi connectivity index (χ2n) is 5.82. The van der Waals surface area contributed by atoms with Gasteiger partial charge in [0.2, 0.25) is 0 Å². The second-order valence-corrected chi connectivity index (χ2v) is 5.82. The maximum atomic E-state index is 12.7. The summed E-state index contributed by atoms with van der Waals surface area (Å²) in [6.07, 6.45) is 0. The van der Waals surface area contributed by atoms with Crippen LogP contribution in [-0.4, -0.2) is 53.9 Å². The Morgan fingerprint density at radius 2 is 1.84 bits per heavy atom. The molecule has 1 aromatic carbocycles. The van der Waals surface area contributed by atoms with Gasteiger partial charge in [-0.15, -0.1) is 0 Å². The molecule has 7 heteroatoms. The Hall–Kier alpha value is -2.83. The van der Waals surface area contributed by atoms with Crippen LogP contribution in [0.3, 0.4) is 0 Å². The lowest BCUT2D eigenvalue weighted by molar-refractivity contribution is 0.0738. The van der Waals surface area contributed by atoms with Gasteiger partial charge in [-0.2, -0.15) is 5.10 Å². The molecule has 3 rings (SSSR count). The number of para-hydroxylation sites is 2. The van der Waals surface area contributed by atoms with E-state index in [2.05, 4.69) is 10.00 Å². The summed E-state index contributed by atoms with van der Waals surface area (Å²) in [5.74, 6) is 0.695. The molecule has 25 heavy (non-hydrogen) atoms. The molecule has 0 saturated carbocycles. The molecule has 1 aliphatic heterocycles. The third kappa shape index (κ3) is 3.50. The van der Waals surface area contributed by atoms with Gasteiger partial charge in [-0.1, -0.05) is 12.1 Å². The minimum atomic E-state index is -0.194. The molecule has 1 fully saturated rings. The molecule has 0 bridgehead atoms. The van der Waals surface area contributed by atoms with E-state index in [1.54, 1.807) is 12.0 Å².